The number of nitrogens with one attached hydrogen (secondary N) is 2. The van der Waals surface area contributed by atoms with Gasteiger partial charge in [-0.1, -0.05) is 66.7 Å². The van der Waals surface area contributed by atoms with Gasteiger partial charge in [-0.25, -0.2) is 0 Å². The predicted octanol–water partition coefficient (Wildman–Crippen LogP) is 4.93. The molecule has 0 bridgehead atoms. The fourth-order valence-electron chi connectivity index (χ4n) is 3.16. The molecule has 6 heteroatoms. The Labute approximate surface area is 169 Å². The van der Waals surface area contributed by atoms with Crippen LogP contribution in [0.4, 0.5) is 11.4 Å². The van der Waals surface area contributed by atoms with Crippen LogP contribution in [0.2, 0.25) is 0 Å². The summed E-state index contributed by atoms with van der Waals surface area (Å²) in [6.07, 6.45) is 0. The summed E-state index contributed by atoms with van der Waals surface area (Å²) in [5, 5.41) is 17.5. The van der Waals surface area contributed by atoms with Crippen molar-refractivity contribution < 1.29 is 9.72 Å². The van der Waals surface area contributed by atoms with Crippen molar-refractivity contribution in [1.82, 2.24) is 5.32 Å². The molecule has 6 nitrogen and oxygen atoms in total. The maximum absolute atomic E-state index is 13.1. The molecule has 0 unspecified atom stereocenters. The van der Waals surface area contributed by atoms with Gasteiger partial charge in [-0.3, -0.25) is 20.2 Å². The first-order chi connectivity index (χ1) is 14.0. The fraction of sp³-hybridized carbons (Fsp3) is 0.174. The molecular weight excluding hydrogens is 366 g/mol. The number of carbonyl (C=O) groups excluding carboxylic acids is 1. The van der Waals surface area contributed by atoms with Crippen LogP contribution in [0.15, 0.2) is 78.9 Å². The van der Waals surface area contributed by atoms with Crippen molar-refractivity contribution in [3.8, 4) is 0 Å². The summed E-state index contributed by atoms with van der Waals surface area (Å²) >= 11 is 0. The highest BCUT2D eigenvalue weighted by Gasteiger charge is 2.25. The molecule has 1 amide bonds. The number of benzene rings is 3. The van der Waals surface area contributed by atoms with Gasteiger partial charge >= 0.3 is 0 Å². The van der Waals surface area contributed by atoms with Crippen molar-refractivity contribution in [3.05, 3.63) is 106 Å². The average Bonchev–Trinajstić information content (AvgIpc) is 2.74. The molecule has 0 radical (unpaired) electrons. The Morgan fingerprint density at radius 3 is 2.10 bits per heavy atom. The lowest BCUT2D eigenvalue weighted by Gasteiger charge is -2.23. The smallest absolute Gasteiger partial charge is 0.293 e. The van der Waals surface area contributed by atoms with Crippen LogP contribution in [0.1, 0.15) is 35.7 Å². The minimum Gasteiger partial charge on any atom is -0.319 e. The number of nitro groups is 1. The minimum atomic E-state index is -0.674. The van der Waals surface area contributed by atoms with Gasteiger partial charge in [-0.05, 0) is 36.6 Å². The van der Waals surface area contributed by atoms with Crippen LogP contribution in [0.5, 0.6) is 0 Å². The zero-order valence-electron chi connectivity index (χ0n) is 16.3. The lowest BCUT2D eigenvalue weighted by Crippen LogP contribution is -2.34. The molecule has 0 fully saturated rings. The lowest BCUT2D eigenvalue weighted by atomic mass is 10.0. The molecule has 29 heavy (non-hydrogen) atoms. The number of nitro benzene ring substituents is 1. The molecule has 3 aromatic carbocycles. The maximum Gasteiger partial charge on any atom is 0.293 e. The number of hydrogen-bond acceptors (Lipinski definition) is 4. The van der Waals surface area contributed by atoms with Crippen molar-refractivity contribution in [2.45, 2.75) is 25.9 Å². The van der Waals surface area contributed by atoms with E-state index in [0.29, 0.717) is 0 Å². The molecule has 0 aliphatic rings. The SMILES string of the molecule is Cc1ccc(NC(=O)[C@H](N[C@@H](C)c2ccccc2)c2ccccc2)c([N+](=O)[O-])c1. The largest absolute Gasteiger partial charge is 0.319 e. The number of nitrogens with zero attached hydrogens (tertiary/aromatic N) is 1. The number of rotatable bonds is 7. The number of aryl methyl sites for hydroxylation is 1. The lowest BCUT2D eigenvalue weighted by molar-refractivity contribution is -0.384. The second-order valence-corrected chi connectivity index (χ2v) is 6.91. The Hall–Kier alpha value is -3.51. The van der Waals surface area contributed by atoms with E-state index in [4.69, 9.17) is 0 Å². The summed E-state index contributed by atoms with van der Waals surface area (Å²) in [5.41, 5.74) is 2.64. The Morgan fingerprint density at radius 1 is 0.931 bits per heavy atom. The first-order valence-corrected chi connectivity index (χ1v) is 9.37. The second kappa shape index (κ2) is 9.12. The van der Waals surface area contributed by atoms with E-state index in [1.165, 1.54) is 6.07 Å². The third kappa shape index (κ3) is 5.06. The summed E-state index contributed by atoms with van der Waals surface area (Å²) in [6.45, 7) is 3.75. The fourth-order valence-corrected chi connectivity index (χ4v) is 3.16. The van der Waals surface area contributed by atoms with E-state index < -0.39 is 11.0 Å². The minimum absolute atomic E-state index is 0.0971. The Balaban J connectivity index is 1.89. The summed E-state index contributed by atoms with van der Waals surface area (Å²) in [6, 6.07) is 23.1. The molecule has 2 atom stereocenters. The zero-order chi connectivity index (χ0) is 20.8. The highest BCUT2D eigenvalue weighted by atomic mass is 16.6. The molecule has 0 aliphatic carbocycles. The summed E-state index contributed by atoms with van der Waals surface area (Å²) in [4.78, 5) is 24.1. The summed E-state index contributed by atoms with van der Waals surface area (Å²) in [7, 11) is 0. The van der Waals surface area contributed by atoms with Crippen molar-refractivity contribution in [2.24, 2.45) is 0 Å². The van der Waals surface area contributed by atoms with E-state index in [9.17, 15) is 14.9 Å². The zero-order valence-corrected chi connectivity index (χ0v) is 16.3. The molecule has 3 rings (SSSR count). The molecular formula is C23H23N3O3. The van der Waals surface area contributed by atoms with Gasteiger partial charge in [-0.15, -0.1) is 0 Å². The van der Waals surface area contributed by atoms with Crippen LogP contribution in [0.3, 0.4) is 0 Å². The van der Waals surface area contributed by atoms with Crippen molar-refractivity contribution >= 4 is 17.3 Å². The molecule has 0 aromatic heterocycles. The van der Waals surface area contributed by atoms with Gasteiger partial charge in [0, 0.05) is 12.1 Å². The van der Waals surface area contributed by atoms with Crippen LogP contribution in [0.25, 0.3) is 0 Å². The van der Waals surface area contributed by atoms with Gasteiger partial charge in [0.25, 0.3) is 5.69 Å². The van der Waals surface area contributed by atoms with Gasteiger partial charge in [0.2, 0.25) is 5.91 Å². The van der Waals surface area contributed by atoms with E-state index in [1.807, 2.05) is 67.6 Å². The first kappa shape index (κ1) is 20.2. The van der Waals surface area contributed by atoms with Gasteiger partial charge in [0.15, 0.2) is 0 Å². The Bertz CT molecular complexity index is 991. The molecule has 0 aliphatic heterocycles. The normalized spacial score (nSPS) is 12.8. The monoisotopic (exact) mass is 389 g/mol. The van der Waals surface area contributed by atoms with Gasteiger partial charge < -0.3 is 5.32 Å². The number of amides is 1. The van der Waals surface area contributed by atoms with Gasteiger partial charge in [-0.2, -0.15) is 0 Å². The molecule has 0 spiro atoms. The van der Waals surface area contributed by atoms with E-state index in [1.54, 1.807) is 19.1 Å². The Morgan fingerprint density at radius 2 is 1.52 bits per heavy atom. The predicted molar refractivity (Wildman–Crippen MR) is 114 cm³/mol. The molecule has 0 saturated heterocycles. The molecule has 0 saturated carbocycles. The van der Waals surface area contributed by atoms with Crippen LogP contribution >= 0.6 is 0 Å². The molecule has 148 valence electrons. The third-order valence-corrected chi connectivity index (χ3v) is 4.72. The van der Waals surface area contributed by atoms with Crippen molar-refractivity contribution in [2.75, 3.05) is 5.32 Å². The Kier molecular flexibility index (Phi) is 6.36. The van der Waals surface area contributed by atoms with Crippen molar-refractivity contribution in [1.29, 1.82) is 0 Å². The van der Waals surface area contributed by atoms with Crippen LogP contribution in [-0.2, 0) is 4.79 Å². The van der Waals surface area contributed by atoms with Crippen LogP contribution in [-0.4, -0.2) is 10.8 Å². The summed E-state index contributed by atoms with van der Waals surface area (Å²) in [5.74, 6) is -0.356. The van der Waals surface area contributed by atoms with E-state index in [2.05, 4.69) is 10.6 Å². The van der Waals surface area contributed by atoms with E-state index >= 15 is 0 Å². The molecule has 0 heterocycles. The number of anilines is 1. The van der Waals surface area contributed by atoms with Gasteiger partial charge in [0.1, 0.15) is 11.7 Å². The standard InChI is InChI=1S/C23H23N3O3/c1-16-13-14-20(21(15-16)26(28)29)25-23(27)22(19-11-7-4-8-12-19)24-17(2)18-9-5-3-6-10-18/h3-15,17,22,24H,1-2H3,(H,25,27)/t17-,22+/m0/s1. The van der Waals surface area contributed by atoms with Crippen LogP contribution < -0.4 is 10.6 Å². The van der Waals surface area contributed by atoms with Crippen LogP contribution in [0, 0.1) is 17.0 Å². The highest BCUT2D eigenvalue weighted by molar-refractivity contribution is 5.97. The number of carbonyl (C=O) groups is 1. The van der Waals surface area contributed by atoms with E-state index in [-0.39, 0.29) is 23.3 Å². The van der Waals surface area contributed by atoms with Gasteiger partial charge in [0.05, 0.1) is 4.92 Å². The quantitative estimate of drug-likeness (QED) is 0.443. The molecule has 2 N–H and O–H groups in total. The first-order valence-electron chi connectivity index (χ1n) is 9.37. The summed E-state index contributed by atoms with van der Waals surface area (Å²) < 4.78 is 0. The highest BCUT2D eigenvalue weighted by Crippen LogP contribution is 2.27. The third-order valence-electron chi connectivity index (χ3n) is 4.72. The van der Waals surface area contributed by atoms with Crippen molar-refractivity contribution in [3.63, 3.8) is 0 Å². The topological polar surface area (TPSA) is 84.3 Å². The second-order valence-electron chi connectivity index (χ2n) is 6.91. The average molecular weight is 389 g/mol. The molecule has 3 aromatic rings. The van der Waals surface area contributed by atoms with E-state index in [0.717, 1.165) is 16.7 Å². The maximum atomic E-state index is 13.1. The number of hydrogen-bond donors (Lipinski definition) is 2.